The molecule has 0 aromatic heterocycles. The summed E-state index contributed by atoms with van der Waals surface area (Å²) in [6.45, 7) is 5.88. The molecule has 1 saturated heterocycles. The molecular weight excluding hydrogens is 458 g/mol. The molecule has 1 aliphatic heterocycles. The fraction of sp³-hybridized carbons (Fsp3) is 0.286. The normalized spacial score (nSPS) is 14.1. The summed E-state index contributed by atoms with van der Waals surface area (Å²) in [7, 11) is 1.40. The number of ether oxygens (including phenoxy) is 3. The van der Waals surface area contributed by atoms with E-state index in [1.807, 2.05) is 36.4 Å². The average molecular weight is 486 g/mol. The fourth-order valence-electron chi connectivity index (χ4n) is 3.54. The number of hydrogen-bond acceptors (Lipinski definition) is 7. The highest BCUT2D eigenvalue weighted by Gasteiger charge is 2.21. The molecule has 36 heavy (non-hydrogen) atoms. The lowest BCUT2D eigenvalue weighted by atomic mass is 10.0. The third-order valence-electron chi connectivity index (χ3n) is 5.61. The van der Waals surface area contributed by atoms with Crippen molar-refractivity contribution in [2.24, 2.45) is 0 Å². The summed E-state index contributed by atoms with van der Waals surface area (Å²) in [5, 5.41) is 19.0. The smallest absolute Gasteiger partial charge is 0.354 e. The minimum absolute atomic E-state index is 0.0260. The second kappa shape index (κ2) is 12.3. The van der Waals surface area contributed by atoms with Crippen molar-refractivity contribution in [1.82, 2.24) is 4.90 Å². The molecule has 2 aromatic rings. The highest BCUT2D eigenvalue weighted by Crippen LogP contribution is 2.30. The van der Waals surface area contributed by atoms with E-state index >= 15 is 0 Å². The zero-order valence-corrected chi connectivity index (χ0v) is 20.5. The van der Waals surface area contributed by atoms with E-state index < -0.39 is 5.97 Å². The third kappa shape index (κ3) is 6.59. The Morgan fingerprint density at radius 1 is 0.944 bits per heavy atom. The molecule has 1 fully saturated rings. The molecule has 0 aliphatic carbocycles. The van der Waals surface area contributed by atoms with Gasteiger partial charge in [-0.3, -0.25) is 4.79 Å². The SMILES string of the molecule is COc1cc(/C=C(\C#N)C(=O)N2CCOCC2)ccc1OC(=O)/C(C#N)=C/c1ccc(C(C)C)cc1. The number of rotatable bonds is 7. The van der Waals surface area contributed by atoms with Gasteiger partial charge in [-0.2, -0.15) is 10.5 Å². The number of nitrogens with zero attached hydrogens (tertiary/aromatic N) is 3. The van der Waals surface area contributed by atoms with Crippen LogP contribution in [0, 0.1) is 22.7 Å². The standard InChI is InChI=1S/C28H27N3O5/c1-19(2)22-7-4-20(5-8-22)14-24(18-30)28(33)36-25-9-6-21(16-26(25)34-3)15-23(17-29)27(32)31-10-12-35-13-11-31/h4-9,14-16,19H,10-13H2,1-3H3/b23-15+,24-14+. The largest absolute Gasteiger partial charge is 0.493 e. The van der Waals surface area contributed by atoms with Gasteiger partial charge in [0, 0.05) is 13.1 Å². The van der Waals surface area contributed by atoms with Crippen LogP contribution in [0.1, 0.15) is 36.5 Å². The zero-order valence-electron chi connectivity index (χ0n) is 20.5. The van der Waals surface area contributed by atoms with Crippen LogP contribution in [0.5, 0.6) is 11.5 Å². The molecule has 8 nitrogen and oxygen atoms in total. The van der Waals surface area contributed by atoms with Gasteiger partial charge in [0.2, 0.25) is 0 Å². The average Bonchev–Trinajstić information content (AvgIpc) is 2.91. The molecule has 1 amide bonds. The van der Waals surface area contributed by atoms with Crippen LogP contribution >= 0.6 is 0 Å². The van der Waals surface area contributed by atoms with Gasteiger partial charge >= 0.3 is 5.97 Å². The van der Waals surface area contributed by atoms with Crippen molar-refractivity contribution in [2.45, 2.75) is 19.8 Å². The Morgan fingerprint density at radius 2 is 1.56 bits per heavy atom. The van der Waals surface area contributed by atoms with Gasteiger partial charge in [0.1, 0.15) is 23.3 Å². The van der Waals surface area contributed by atoms with Crippen molar-refractivity contribution in [1.29, 1.82) is 10.5 Å². The van der Waals surface area contributed by atoms with E-state index in [0.717, 1.165) is 5.56 Å². The first-order valence-corrected chi connectivity index (χ1v) is 11.5. The molecule has 8 heteroatoms. The Kier molecular flexibility index (Phi) is 8.99. The zero-order chi connectivity index (χ0) is 26.1. The first kappa shape index (κ1) is 26.2. The van der Waals surface area contributed by atoms with Crippen LogP contribution in [-0.2, 0) is 14.3 Å². The van der Waals surface area contributed by atoms with E-state index in [4.69, 9.17) is 14.2 Å². The summed E-state index contributed by atoms with van der Waals surface area (Å²) in [5.74, 6) is -0.510. The summed E-state index contributed by atoms with van der Waals surface area (Å²) in [5.41, 5.74) is 2.18. The second-order valence-electron chi connectivity index (χ2n) is 8.37. The number of nitriles is 2. The first-order chi connectivity index (χ1) is 17.4. The minimum Gasteiger partial charge on any atom is -0.493 e. The summed E-state index contributed by atoms with van der Waals surface area (Å²) in [4.78, 5) is 26.9. The molecular formula is C28H27N3O5. The van der Waals surface area contributed by atoms with Crippen LogP contribution in [-0.4, -0.2) is 50.2 Å². The van der Waals surface area contributed by atoms with Crippen molar-refractivity contribution in [3.63, 3.8) is 0 Å². The maximum absolute atomic E-state index is 12.7. The van der Waals surface area contributed by atoms with Crippen molar-refractivity contribution in [3.8, 4) is 23.6 Å². The molecule has 0 saturated carbocycles. The summed E-state index contributed by atoms with van der Waals surface area (Å²) < 4.78 is 16.0. The summed E-state index contributed by atoms with van der Waals surface area (Å²) >= 11 is 0. The molecule has 0 spiro atoms. The van der Waals surface area contributed by atoms with Crippen molar-refractivity contribution in [3.05, 3.63) is 70.3 Å². The highest BCUT2D eigenvalue weighted by molar-refractivity contribution is 6.02. The number of morpholine rings is 1. The molecule has 0 unspecified atom stereocenters. The van der Waals surface area contributed by atoms with Crippen molar-refractivity contribution >= 4 is 24.0 Å². The number of benzene rings is 2. The number of carbonyl (C=O) groups excluding carboxylic acids is 2. The minimum atomic E-state index is -0.827. The van der Waals surface area contributed by atoms with E-state index in [1.165, 1.54) is 25.3 Å². The molecule has 0 radical (unpaired) electrons. The fourth-order valence-corrected chi connectivity index (χ4v) is 3.54. The van der Waals surface area contributed by atoms with Crippen molar-refractivity contribution < 1.29 is 23.8 Å². The highest BCUT2D eigenvalue weighted by atomic mass is 16.6. The summed E-state index contributed by atoms with van der Waals surface area (Å²) in [6.07, 6.45) is 2.92. The number of hydrogen-bond donors (Lipinski definition) is 0. The van der Waals surface area contributed by atoms with Crippen LogP contribution in [0.2, 0.25) is 0 Å². The Bertz CT molecular complexity index is 1260. The molecule has 0 bridgehead atoms. The third-order valence-corrected chi connectivity index (χ3v) is 5.61. The van der Waals surface area contributed by atoms with Crippen LogP contribution in [0.15, 0.2) is 53.6 Å². The van der Waals surface area contributed by atoms with Gasteiger partial charge in [0.05, 0.1) is 20.3 Å². The molecule has 184 valence electrons. The number of methoxy groups -OCH3 is 1. The van der Waals surface area contributed by atoms with Gasteiger partial charge < -0.3 is 19.1 Å². The molecule has 0 N–H and O–H groups in total. The van der Waals surface area contributed by atoms with E-state index in [0.29, 0.717) is 43.3 Å². The number of esters is 1. The monoisotopic (exact) mass is 485 g/mol. The maximum Gasteiger partial charge on any atom is 0.354 e. The van der Waals surface area contributed by atoms with Crippen LogP contribution in [0.3, 0.4) is 0 Å². The van der Waals surface area contributed by atoms with Gasteiger partial charge in [-0.25, -0.2) is 4.79 Å². The van der Waals surface area contributed by atoms with Gasteiger partial charge in [-0.05, 0) is 46.9 Å². The van der Waals surface area contributed by atoms with Gasteiger partial charge in [0.15, 0.2) is 11.5 Å². The predicted octanol–water partition coefficient (Wildman–Crippen LogP) is 4.10. The molecule has 0 atom stereocenters. The van der Waals surface area contributed by atoms with E-state index in [9.17, 15) is 20.1 Å². The lowest BCUT2D eigenvalue weighted by molar-refractivity contribution is -0.131. The lowest BCUT2D eigenvalue weighted by Gasteiger charge is -2.26. The molecule has 1 aliphatic rings. The quantitative estimate of drug-likeness (QED) is 0.251. The van der Waals surface area contributed by atoms with E-state index in [2.05, 4.69) is 13.8 Å². The number of amides is 1. The van der Waals surface area contributed by atoms with Gasteiger partial charge in [0.25, 0.3) is 5.91 Å². The first-order valence-electron chi connectivity index (χ1n) is 11.5. The molecule has 2 aromatic carbocycles. The van der Waals surface area contributed by atoms with Crippen LogP contribution < -0.4 is 9.47 Å². The molecule has 3 rings (SSSR count). The van der Waals surface area contributed by atoms with Crippen molar-refractivity contribution in [2.75, 3.05) is 33.4 Å². The predicted molar refractivity (Wildman–Crippen MR) is 134 cm³/mol. The van der Waals surface area contributed by atoms with E-state index in [-0.39, 0.29) is 28.6 Å². The van der Waals surface area contributed by atoms with Gasteiger partial charge in [-0.1, -0.05) is 44.2 Å². The Balaban J connectivity index is 1.79. The maximum atomic E-state index is 12.7. The topological polar surface area (TPSA) is 113 Å². The van der Waals surface area contributed by atoms with E-state index in [1.54, 1.807) is 17.0 Å². The van der Waals surface area contributed by atoms with Crippen LogP contribution in [0.4, 0.5) is 0 Å². The van der Waals surface area contributed by atoms with Crippen LogP contribution in [0.25, 0.3) is 12.2 Å². The lowest BCUT2D eigenvalue weighted by Crippen LogP contribution is -2.41. The molecule has 1 heterocycles. The Morgan fingerprint density at radius 3 is 2.14 bits per heavy atom. The van der Waals surface area contributed by atoms with Gasteiger partial charge in [-0.15, -0.1) is 0 Å². The Hall–Kier alpha value is -4.40. The second-order valence-corrected chi connectivity index (χ2v) is 8.37. The number of carbonyl (C=O) groups is 2. The Labute approximate surface area is 210 Å². The summed E-state index contributed by atoms with van der Waals surface area (Å²) in [6, 6.07) is 16.0.